The number of rotatable bonds is 5. The summed E-state index contributed by atoms with van der Waals surface area (Å²) < 4.78 is 5.28. The Morgan fingerprint density at radius 3 is 2.88 bits per heavy atom. The molecule has 17 heavy (non-hydrogen) atoms. The lowest BCUT2D eigenvalue weighted by atomic mass is 9.86. The minimum Gasteiger partial charge on any atom is -0.461 e. The summed E-state index contributed by atoms with van der Waals surface area (Å²) in [7, 11) is 0. The zero-order valence-electron chi connectivity index (χ0n) is 11.3. The first-order valence-corrected chi connectivity index (χ1v) is 6.54. The number of hydrogen-bond acceptors (Lipinski definition) is 2. The molecule has 2 nitrogen and oxygen atoms in total. The molecule has 0 amide bonds. The molecule has 0 N–H and O–H groups in total. The minimum absolute atomic E-state index is 0.00343. The molecule has 0 fully saturated rings. The third kappa shape index (κ3) is 4.37. The molecule has 2 unspecified atom stereocenters. The second-order valence-corrected chi connectivity index (χ2v) is 5.10. The Hall–Kier alpha value is -1.05. The third-order valence-corrected chi connectivity index (χ3v) is 3.63. The summed E-state index contributed by atoms with van der Waals surface area (Å²) in [6.07, 6.45) is 6.43. The Balaban J connectivity index is 2.33. The number of esters is 1. The molecule has 1 aliphatic rings. The Kier molecular flexibility index (Phi) is 5.46. The molecular formula is C15H24O2. The van der Waals surface area contributed by atoms with Crippen molar-refractivity contribution < 1.29 is 9.53 Å². The van der Waals surface area contributed by atoms with Crippen LogP contribution in [0.5, 0.6) is 0 Å². The van der Waals surface area contributed by atoms with Gasteiger partial charge in [0.05, 0.1) is 5.92 Å². The van der Waals surface area contributed by atoms with E-state index >= 15 is 0 Å². The van der Waals surface area contributed by atoms with Crippen LogP contribution in [0.2, 0.25) is 0 Å². The summed E-state index contributed by atoms with van der Waals surface area (Å²) in [6, 6.07) is 0. The predicted octanol–water partition coefficient (Wildman–Crippen LogP) is 3.88. The molecule has 0 radical (unpaired) electrons. The van der Waals surface area contributed by atoms with Gasteiger partial charge in [0.1, 0.15) is 6.61 Å². The number of allylic oxidation sites excluding steroid dienone is 2. The van der Waals surface area contributed by atoms with E-state index in [0.29, 0.717) is 12.5 Å². The van der Waals surface area contributed by atoms with E-state index in [0.717, 1.165) is 31.3 Å². The Morgan fingerprint density at radius 1 is 1.65 bits per heavy atom. The molecule has 0 aromatic carbocycles. The lowest BCUT2D eigenvalue weighted by Gasteiger charge is -2.22. The molecule has 96 valence electrons. The van der Waals surface area contributed by atoms with Crippen LogP contribution in [0.25, 0.3) is 0 Å². The van der Waals surface area contributed by atoms with E-state index < -0.39 is 0 Å². The van der Waals surface area contributed by atoms with E-state index in [9.17, 15) is 4.79 Å². The van der Waals surface area contributed by atoms with Gasteiger partial charge in [0.25, 0.3) is 0 Å². The molecule has 0 aliphatic heterocycles. The van der Waals surface area contributed by atoms with Gasteiger partial charge >= 0.3 is 5.97 Å². The summed E-state index contributed by atoms with van der Waals surface area (Å²) in [5.74, 6) is 0.385. The van der Waals surface area contributed by atoms with Crippen LogP contribution in [0.1, 0.15) is 46.5 Å². The van der Waals surface area contributed by atoms with Gasteiger partial charge in [-0.3, -0.25) is 4.79 Å². The molecule has 0 aromatic heterocycles. The third-order valence-electron chi connectivity index (χ3n) is 3.63. The molecule has 1 rings (SSSR count). The summed E-state index contributed by atoms with van der Waals surface area (Å²) in [4.78, 5) is 11.5. The van der Waals surface area contributed by atoms with E-state index in [2.05, 4.69) is 19.6 Å². The average molecular weight is 236 g/mol. The first kappa shape index (κ1) is 14.0. The first-order valence-electron chi connectivity index (χ1n) is 6.54. The molecule has 0 bridgehead atoms. The van der Waals surface area contributed by atoms with Crippen LogP contribution < -0.4 is 0 Å². The number of carbonyl (C=O) groups excluding carboxylic acids is 1. The van der Waals surface area contributed by atoms with Crippen LogP contribution in [-0.2, 0) is 9.53 Å². The van der Waals surface area contributed by atoms with Crippen LogP contribution in [0.4, 0.5) is 0 Å². The summed E-state index contributed by atoms with van der Waals surface area (Å²) in [6.45, 7) is 10.5. The van der Waals surface area contributed by atoms with Gasteiger partial charge in [-0.25, -0.2) is 0 Å². The smallest absolute Gasteiger partial charge is 0.308 e. The fourth-order valence-electron chi connectivity index (χ4n) is 1.93. The van der Waals surface area contributed by atoms with Crippen molar-refractivity contribution in [3.8, 4) is 0 Å². The van der Waals surface area contributed by atoms with Gasteiger partial charge in [-0.1, -0.05) is 32.1 Å². The lowest BCUT2D eigenvalue weighted by molar-refractivity contribution is -0.147. The van der Waals surface area contributed by atoms with Gasteiger partial charge in [0, 0.05) is 0 Å². The standard InChI is InChI=1S/C15H24O2/c1-5-12(3)15(16)17-10-13(4)14-8-6-11(2)7-9-14/h6,12,14H,4-5,7-10H2,1-3H3. The number of hydrogen-bond donors (Lipinski definition) is 0. The van der Waals surface area contributed by atoms with Gasteiger partial charge in [-0.15, -0.1) is 0 Å². The van der Waals surface area contributed by atoms with Gasteiger partial charge in [0.15, 0.2) is 0 Å². The maximum absolute atomic E-state index is 11.5. The highest BCUT2D eigenvalue weighted by molar-refractivity contribution is 5.72. The van der Waals surface area contributed by atoms with Crippen molar-refractivity contribution in [1.82, 2.24) is 0 Å². The summed E-state index contributed by atoms with van der Waals surface area (Å²) >= 11 is 0. The van der Waals surface area contributed by atoms with E-state index in [1.54, 1.807) is 0 Å². The number of carbonyl (C=O) groups is 1. The van der Waals surface area contributed by atoms with E-state index in [1.807, 2.05) is 13.8 Å². The molecule has 0 saturated heterocycles. The Morgan fingerprint density at radius 2 is 2.35 bits per heavy atom. The molecular weight excluding hydrogens is 212 g/mol. The van der Waals surface area contributed by atoms with E-state index in [-0.39, 0.29) is 11.9 Å². The van der Waals surface area contributed by atoms with Crippen molar-refractivity contribution in [2.24, 2.45) is 11.8 Å². The van der Waals surface area contributed by atoms with Crippen molar-refractivity contribution >= 4 is 5.97 Å². The topological polar surface area (TPSA) is 26.3 Å². The highest BCUT2D eigenvalue weighted by Gasteiger charge is 2.18. The summed E-state index contributed by atoms with van der Waals surface area (Å²) in [5.41, 5.74) is 2.52. The fraction of sp³-hybridized carbons (Fsp3) is 0.667. The lowest BCUT2D eigenvalue weighted by Crippen LogP contribution is -2.18. The normalized spacial score (nSPS) is 21.6. The van der Waals surface area contributed by atoms with Gasteiger partial charge in [-0.05, 0) is 44.1 Å². The monoisotopic (exact) mass is 236 g/mol. The van der Waals surface area contributed by atoms with Crippen molar-refractivity contribution in [3.63, 3.8) is 0 Å². The minimum atomic E-state index is -0.101. The SMILES string of the molecule is C=C(COC(=O)C(C)CC)C1CC=C(C)CC1. The van der Waals surface area contributed by atoms with Crippen molar-refractivity contribution in [1.29, 1.82) is 0 Å². The first-order chi connectivity index (χ1) is 8.04. The van der Waals surface area contributed by atoms with E-state index in [1.165, 1.54) is 5.57 Å². The number of ether oxygens (including phenoxy) is 1. The van der Waals surface area contributed by atoms with Crippen LogP contribution in [0, 0.1) is 11.8 Å². The molecule has 1 aliphatic carbocycles. The highest BCUT2D eigenvalue weighted by atomic mass is 16.5. The molecule has 2 atom stereocenters. The van der Waals surface area contributed by atoms with Gasteiger partial charge < -0.3 is 4.74 Å². The maximum Gasteiger partial charge on any atom is 0.308 e. The Labute approximate surface area is 105 Å². The molecule has 0 aromatic rings. The van der Waals surface area contributed by atoms with Crippen LogP contribution in [-0.4, -0.2) is 12.6 Å². The van der Waals surface area contributed by atoms with Crippen molar-refractivity contribution in [3.05, 3.63) is 23.8 Å². The fourth-order valence-corrected chi connectivity index (χ4v) is 1.93. The molecule has 0 saturated carbocycles. The summed E-state index contributed by atoms with van der Waals surface area (Å²) in [5, 5.41) is 0. The van der Waals surface area contributed by atoms with Gasteiger partial charge in [-0.2, -0.15) is 0 Å². The van der Waals surface area contributed by atoms with E-state index in [4.69, 9.17) is 4.74 Å². The predicted molar refractivity (Wildman–Crippen MR) is 70.7 cm³/mol. The maximum atomic E-state index is 11.5. The van der Waals surface area contributed by atoms with Crippen LogP contribution in [0.15, 0.2) is 23.8 Å². The molecule has 2 heteroatoms. The second-order valence-electron chi connectivity index (χ2n) is 5.10. The Bertz CT molecular complexity index is 315. The van der Waals surface area contributed by atoms with Crippen LogP contribution in [0.3, 0.4) is 0 Å². The largest absolute Gasteiger partial charge is 0.461 e. The zero-order valence-corrected chi connectivity index (χ0v) is 11.3. The average Bonchev–Trinajstić information content (AvgIpc) is 2.35. The van der Waals surface area contributed by atoms with Crippen molar-refractivity contribution in [2.75, 3.05) is 6.61 Å². The van der Waals surface area contributed by atoms with Crippen molar-refractivity contribution in [2.45, 2.75) is 46.5 Å². The van der Waals surface area contributed by atoms with Crippen LogP contribution >= 0.6 is 0 Å². The molecule has 0 spiro atoms. The molecule has 0 heterocycles. The van der Waals surface area contributed by atoms with Gasteiger partial charge in [0.2, 0.25) is 0 Å². The quantitative estimate of drug-likeness (QED) is 0.535. The highest BCUT2D eigenvalue weighted by Crippen LogP contribution is 2.28. The zero-order chi connectivity index (χ0) is 12.8. The second kappa shape index (κ2) is 6.63.